The van der Waals surface area contributed by atoms with Crippen LogP contribution in [0.4, 0.5) is 23.1 Å². The Kier molecular flexibility index (Phi) is 6.57. The Bertz CT molecular complexity index is 1340. The number of rotatable bonds is 8. The van der Waals surface area contributed by atoms with E-state index in [1.54, 1.807) is 25.6 Å². The highest BCUT2D eigenvalue weighted by Crippen LogP contribution is 2.36. The molecule has 2 aromatic carbocycles. The number of methoxy groups -OCH3 is 1. The number of hydrogen-bond donors (Lipinski definition) is 2. The summed E-state index contributed by atoms with van der Waals surface area (Å²) in [5.74, 6) is 2.49. The van der Waals surface area contributed by atoms with E-state index in [9.17, 15) is 0 Å². The molecule has 0 atom stereocenters. The second-order valence-corrected chi connectivity index (χ2v) is 9.21. The number of nitrogens with one attached hydrogen (secondary N) is 2. The molecule has 2 aromatic heterocycles. The van der Waals surface area contributed by atoms with Gasteiger partial charge >= 0.3 is 0 Å². The maximum absolute atomic E-state index is 6.15. The summed E-state index contributed by atoms with van der Waals surface area (Å²) in [5, 5.41) is 8.13. The van der Waals surface area contributed by atoms with Gasteiger partial charge in [0.05, 0.1) is 24.5 Å². The van der Waals surface area contributed by atoms with Crippen molar-refractivity contribution in [1.82, 2.24) is 19.9 Å². The molecule has 0 bridgehead atoms. The molecule has 1 fully saturated rings. The summed E-state index contributed by atoms with van der Waals surface area (Å²) in [5.41, 5.74) is 2.48. The average Bonchev–Trinajstić information content (AvgIpc) is 2.81. The Balaban J connectivity index is 1.27. The van der Waals surface area contributed by atoms with E-state index in [4.69, 9.17) is 21.1 Å². The van der Waals surface area contributed by atoms with Gasteiger partial charge in [-0.15, -0.1) is 0 Å². The smallest absolute Gasteiger partial charge is 0.229 e. The molecule has 0 saturated heterocycles. The summed E-state index contributed by atoms with van der Waals surface area (Å²) in [6, 6.07) is 15.7. The van der Waals surface area contributed by atoms with E-state index in [-0.39, 0.29) is 6.10 Å². The lowest BCUT2D eigenvalue weighted by atomic mass is 9.88. The van der Waals surface area contributed by atoms with Crippen LogP contribution < -0.4 is 20.1 Å². The molecule has 180 valence electrons. The van der Waals surface area contributed by atoms with Gasteiger partial charge in [-0.1, -0.05) is 11.6 Å². The van der Waals surface area contributed by atoms with E-state index in [0.717, 1.165) is 40.9 Å². The SMILES string of the molecule is COc1cc(Nc2nccc(Nc3cnc4ccc(Cl)cc4c3)n2)ccc1OC1CC(N(C)C)C1. The number of benzene rings is 2. The average molecular weight is 491 g/mol. The summed E-state index contributed by atoms with van der Waals surface area (Å²) in [4.78, 5) is 15.6. The van der Waals surface area contributed by atoms with Crippen LogP contribution in [-0.4, -0.2) is 53.2 Å². The quantitative estimate of drug-likeness (QED) is 0.328. The van der Waals surface area contributed by atoms with E-state index in [1.165, 1.54) is 0 Å². The fourth-order valence-corrected chi connectivity index (χ4v) is 4.19. The predicted molar refractivity (Wildman–Crippen MR) is 139 cm³/mol. The maximum atomic E-state index is 6.15. The molecule has 0 aliphatic heterocycles. The number of ether oxygens (including phenoxy) is 2. The van der Waals surface area contributed by atoms with Crippen LogP contribution in [0.2, 0.25) is 5.02 Å². The molecule has 0 unspecified atom stereocenters. The Hall–Kier alpha value is -3.62. The van der Waals surface area contributed by atoms with Crippen molar-refractivity contribution in [2.45, 2.75) is 25.0 Å². The first-order chi connectivity index (χ1) is 17.0. The Labute approximate surface area is 209 Å². The van der Waals surface area contributed by atoms with Crippen LogP contribution in [0, 0.1) is 0 Å². The molecule has 1 aliphatic rings. The number of anilines is 4. The molecule has 0 spiro atoms. The van der Waals surface area contributed by atoms with Gasteiger partial charge in [0.2, 0.25) is 5.95 Å². The van der Waals surface area contributed by atoms with E-state index < -0.39 is 0 Å². The van der Waals surface area contributed by atoms with Crippen molar-refractivity contribution in [2.24, 2.45) is 0 Å². The number of fused-ring (bicyclic) bond motifs is 1. The predicted octanol–water partition coefficient (Wildman–Crippen LogP) is 5.65. The van der Waals surface area contributed by atoms with Crippen molar-refractivity contribution < 1.29 is 9.47 Å². The topological polar surface area (TPSA) is 84.4 Å². The third-order valence-corrected chi connectivity index (χ3v) is 6.32. The molecule has 8 nitrogen and oxygen atoms in total. The van der Waals surface area contributed by atoms with Crippen molar-refractivity contribution in [3.05, 3.63) is 65.9 Å². The molecule has 35 heavy (non-hydrogen) atoms. The van der Waals surface area contributed by atoms with Crippen LogP contribution in [0.25, 0.3) is 10.9 Å². The van der Waals surface area contributed by atoms with Crippen LogP contribution in [0.5, 0.6) is 11.5 Å². The van der Waals surface area contributed by atoms with Crippen LogP contribution in [-0.2, 0) is 0 Å². The van der Waals surface area contributed by atoms with Crippen LogP contribution in [0.3, 0.4) is 0 Å². The largest absolute Gasteiger partial charge is 0.493 e. The Morgan fingerprint density at radius 3 is 2.60 bits per heavy atom. The summed E-state index contributed by atoms with van der Waals surface area (Å²) >= 11 is 6.12. The molecule has 1 saturated carbocycles. The van der Waals surface area contributed by atoms with Gasteiger partial charge in [0, 0.05) is 34.4 Å². The van der Waals surface area contributed by atoms with Crippen LogP contribution in [0.1, 0.15) is 12.8 Å². The van der Waals surface area contributed by atoms with Crippen molar-refractivity contribution in [3.63, 3.8) is 0 Å². The lowest BCUT2D eigenvalue weighted by Crippen LogP contribution is -2.46. The van der Waals surface area contributed by atoms with Crippen molar-refractivity contribution in [2.75, 3.05) is 31.8 Å². The fraction of sp³-hybridized carbons (Fsp3) is 0.269. The van der Waals surface area contributed by atoms with Gasteiger partial charge in [-0.2, -0.15) is 4.98 Å². The second kappa shape index (κ2) is 9.93. The molecule has 4 aromatic rings. The van der Waals surface area contributed by atoms with Crippen LogP contribution in [0.15, 0.2) is 60.9 Å². The van der Waals surface area contributed by atoms with E-state index in [2.05, 4.69) is 44.6 Å². The Morgan fingerprint density at radius 2 is 1.80 bits per heavy atom. The van der Waals surface area contributed by atoms with Gasteiger partial charge in [0.1, 0.15) is 11.9 Å². The molecule has 0 radical (unpaired) electrons. The number of aromatic nitrogens is 3. The molecule has 5 rings (SSSR count). The third kappa shape index (κ3) is 5.39. The number of nitrogens with zero attached hydrogens (tertiary/aromatic N) is 4. The number of halogens is 1. The normalized spacial score (nSPS) is 17.2. The lowest BCUT2D eigenvalue weighted by Gasteiger charge is -2.39. The first kappa shape index (κ1) is 23.1. The summed E-state index contributed by atoms with van der Waals surface area (Å²) in [6.45, 7) is 0. The highest BCUT2D eigenvalue weighted by molar-refractivity contribution is 6.31. The summed E-state index contributed by atoms with van der Waals surface area (Å²) < 4.78 is 11.7. The minimum Gasteiger partial charge on any atom is -0.493 e. The highest BCUT2D eigenvalue weighted by atomic mass is 35.5. The monoisotopic (exact) mass is 490 g/mol. The van der Waals surface area contributed by atoms with Crippen molar-refractivity contribution in [1.29, 1.82) is 0 Å². The Morgan fingerprint density at radius 1 is 0.943 bits per heavy atom. The summed E-state index contributed by atoms with van der Waals surface area (Å²) in [6.07, 6.45) is 5.70. The van der Waals surface area contributed by atoms with Gasteiger partial charge in [-0.05, 0) is 69.4 Å². The first-order valence-corrected chi connectivity index (χ1v) is 11.8. The maximum Gasteiger partial charge on any atom is 0.229 e. The van der Waals surface area contributed by atoms with Crippen molar-refractivity contribution in [3.8, 4) is 11.5 Å². The molecule has 0 amide bonds. The summed E-state index contributed by atoms with van der Waals surface area (Å²) in [7, 11) is 5.84. The number of pyridine rings is 1. The zero-order valence-corrected chi connectivity index (χ0v) is 20.6. The number of hydrogen-bond acceptors (Lipinski definition) is 8. The molecular weight excluding hydrogens is 464 g/mol. The minimum atomic E-state index is 0.210. The second-order valence-electron chi connectivity index (χ2n) is 8.77. The lowest BCUT2D eigenvalue weighted by molar-refractivity contribution is 0.0383. The molecule has 9 heteroatoms. The van der Waals surface area contributed by atoms with E-state index >= 15 is 0 Å². The van der Waals surface area contributed by atoms with Gasteiger partial charge in [-0.3, -0.25) is 4.98 Å². The zero-order valence-electron chi connectivity index (χ0n) is 19.8. The third-order valence-electron chi connectivity index (χ3n) is 6.08. The fourth-order valence-electron chi connectivity index (χ4n) is 4.01. The molecule has 1 aliphatic carbocycles. The zero-order chi connectivity index (χ0) is 24.4. The van der Waals surface area contributed by atoms with Gasteiger partial charge < -0.3 is 25.0 Å². The highest BCUT2D eigenvalue weighted by Gasteiger charge is 2.32. The van der Waals surface area contributed by atoms with Gasteiger partial charge in [0.15, 0.2) is 11.5 Å². The molecule has 2 N–H and O–H groups in total. The van der Waals surface area contributed by atoms with Gasteiger partial charge in [-0.25, -0.2) is 4.98 Å². The van der Waals surface area contributed by atoms with Crippen molar-refractivity contribution >= 4 is 45.6 Å². The van der Waals surface area contributed by atoms with Gasteiger partial charge in [0.25, 0.3) is 0 Å². The van der Waals surface area contributed by atoms with E-state index in [1.807, 2.05) is 42.5 Å². The first-order valence-electron chi connectivity index (χ1n) is 11.4. The van der Waals surface area contributed by atoms with Crippen LogP contribution >= 0.6 is 11.6 Å². The minimum absolute atomic E-state index is 0.210. The molecular formula is C26H27ClN6O2. The molecule has 2 heterocycles. The standard InChI is InChI=1S/C26H27ClN6O2/c1-33(2)20-13-21(14-20)35-23-7-5-18(12-24(23)34-3)31-26-28-9-8-25(32-26)30-19-11-16-10-17(27)4-6-22(16)29-15-19/h4-12,15,20-21H,13-14H2,1-3H3,(H2,28,30,31,32). The van der Waals surface area contributed by atoms with E-state index in [0.29, 0.717) is 28.6 Å².